The van der Waals surface area contributed by atoms with Gasteiger partial charge in [0.25, 0.3) is 11.8 Å². The molecule has 4 aliphatic rings. The van der Waals surface area contributed by atoms with E-state index in [-0.39, 0.29) is 29.3 Å². The van der Waals surface area contributed by atoms with Gasteiger partial charge < -0.3 is 9.84 Å². The molecule has 2 aliphatic heterocycles. The van der Waals surface area contributed by atoms with E-state index in [1.165, 1.54) is 22.9 Å². The number of amides is 4. The molecule has 16 heteroatoms. The van der Waals surface area contributed by atoms with Crippen LogP contribution in [0.3, 0.4) is 0 Å². The first-order chi connectivity index (χ1) is 24.0. The Morgan fingerprint density at radius 1 is 1.04 bits per heavy atom. The summed E-state index contributed by atoms with van der Waals surface area (Å²) < 4.78 is 46.6. The number of phenols is 1. The van der Waals surface area contributed by atoms with Gasteiger partial charge in [0.15, 0.2) is 0 Å². The molecule has 2 aromatic carbocycles. The van der Waals surface area contributed by atoms with Gasteiger partial charge in [0.1, 0.15) is 23.0 Å². The van der Waals surface area contributed by atoms with E-state index in [1.54, 1.807) is 25.3 Å². The van der Waals surface area contributed by atoms with Crippen molar-refractivity contribution in [3.8, 4) is 22.1 Å². The van der Waals surface area contributed by atoms with Gasteiger partial charge in [-0.25, -0.2) is 4.90 Å². The van der Waals surface area contributed by atoms with E-state index in [0.717, 1.165) is 43.6 Å². The van der Waals surface area contributed by atoms with Crippen LogP contribution in [0.4, 0.5) is 19.0 Å². The van der Waals surface area contributed by atoms with Crippen LogP contribution in [0.5, 0.6) is 11.5 Å². The number of anilines is 1. The van der Waals surface area contributed by atoms with E-state index in [0.29, 0.717) is 16.3 Å². The number of carbonyl (C=O) groups excluding carboxylic acids is 4. The summed E-state index contributed by atoms with van der Waals surface area (Å²) in [6.45, 7) is 3.44. The number of rotatable bonds is 4. The van der Waals surface area contributed by atoms with Crippen LogP contribution < -0.4 is 9.64 Å². The second-order valence-corrected chi connectivity index (χ2v) is 15.1. The zero-order valence-corrected chi connectivity index (χ0v) is 28.6. The highest BCUT2D eigenvalue weighted by Crippen LogP contribution is 2.64. The number of ether oxygens (including phenoxy) is 1. The fourth-order valence-corrected chi connectivity index (χ4v) is 10.1. The summed E-state index contributed by atoms with van der Waals surface area (Å²) in [7, 11) is 1.58. The van der Waals surface area contributed by atoms with Crippen LogP contribution in [0, 0.1) is 36.0 Å². The standard InChI is InChI=1S/C35H28ClF3N4O7S/c1-14-19-10-15(36)4-9-25(19)51-29(14)23-13-26(41(3)40-23)42-31(46)22-12-20-17(6-7-18-27(20)32(47)43(49)30(18)45)28(34(22,2)33(42)48)21-11-16(5-8-24(21)44)50-35(37,38)39/h4-6,8-11,13,18,20,22,27-28,44,49H,7,12H2,1-3H3/t18-,20+,22-,27-,28+,34+/m0/s1. The lowest BCUT2D eigenvalue weighted by Crippen LogP contribution is -2.48. The lowest BCUT2D eigenvalue weighted by molar-refractivity contribution is -0.274. The molecular formula is C35H28ClF3N4O7S. The molecule has 11 nitrogen and oxygen atoms in total. The molecule has 4 heterocycles. The van der Waals surface area contributed by atoms with E-state index in [4.69, 9.17) is 11.6 Å². The van der Waals surface area contributed by atoms with Crippen molar-refractivity contribution in [2.75, 3.05) is 4.90 Å². The number of alkyl halides is 3. The summed E-state index contributed by atoms with van der Waals surface area (Å²) >= 11 is 7.71. The number of fused-ring (bicyclic) bond motifs is 5. The molecule has 0 radical (unpaired) electrons. The number of aryl methyl sites for hydroxylation is 2. The minimum atomic E-state index is -5.07. The van der Waals surface area contributed by atoms with Gasteiger partial charge in [0, 0.05) is 34.3 Å². The average molecular weight is 741 g/mol. The maximum Gasteiger partial charge on any atom is 0.573 e. The lowest BCUT2D eigenvalue weighted by Gasteiger charge is -2.49. The highest BCUT2D eigenvalue weighted by Gasteiger charge is 2.68. The minimum absolute atomic E-state index is 0.00838. The second-order valence-electron chi connectivity index (χ2n) is 13.6. The number of aromatic nitrogens is 2. The number of nitrogens with zero attached hydrogens (tertiary/aromatic N) is 4. The summed E-state index contributed by atoms with van der Waals surface area (Å²) in [6.07, 6.45) is -3.52. The molecular weight excluding hydrogens is 713 g/mol. The molecule has 1 saturated carbocycles. The molecule has 0 spiro atoms. The lowest BCUT2D eigenvalue weighted by atomic mass is 9.51. The van der Waals surface area contributed by atoms with Gasteiger partial charge in [-0.05, 0) is 80.0 Å². The Morgan fingerprint density at radius 2 is 1.78 bits per heavy atom. The van der Waals surface area contributed by atoms with Gasteiger partial charge in [0.05, 0.1) is 28.0 Å². The Labute approximate surface area is 296 Å². The Morgan fingerprint density at radius 3 is 2.51 bits per heavy atom. The van der Waals surface area contributed by atoms with Gasteiger partial charge in [-0.1, -0.05) is 23.3 Å². The zero-order chi connectivity index (χ0) is 36.5. The number of benzene rings is 2. The van der Waals surface area contributed by atoms with Crippen molar-refractivity contribution < 1.29 is 47.4 Å². The zero-order valence-electron chi connectivity index (χ0n) is 27.1. The molecule has 264 valence electrons. The number of carbonyl (C=O) groups is 4. The fourth-order valence-electron chi connectivity index (χ4n) is 8.74. The van der Waals surface area contributed by atoms with E-state index in [2.05, 4.69) is 9.84 Å². The van der Waals surface area contributed by atoms with Crippen LogP contribution in [0.25, 0.3) is 20.7 Å². The van der Waals surface area contributed by atoms with Crippen molar-refractivity contribution in [3.63, 3.8) is 0 Å². The predicted molar refractivity (Wildman–Crippen MR) is 177 cm³/mol. The van der Waals surface area contributed by atoms with Crippen molar-refractivity contribution in [1.29, 1.82) is 0 Å². The SMILES string of the molecule is Cc1c(-c2cc(N3C(=O)[C@@H]4C[C@@H]5C(=CC[C@@H]6C(=O)N(O)C(=O)[C@@H]65)[C@H](c5cc(OC(F)(F)F)ccc5O)[C@]4(C)C3=O)n(C)n2)sc2ccc(Cl)cc12. The van der Waals surface area contributed by atoms with Gasteiger partial charge >= 0.3 is 6.36 Å². The molecule has 6 atom stereocenters. The monoisotopic (exact) mass is 740 g/mol. The average Bonchev–Trinajstić information content (AvgIpc) is 3.72. The van der Waals surface area contributed by atoms with E-state index in [1.807, 2.05) is 19.1 Å². The number of phenolic OH excluding ortho intramolecular Hbond substituents is 1. The third-order valence-electron chi connectivity index (χ3n) is 11.0. The highest BCUT2D eigenvalue weighted by atomic mass is 35.5. The largest absolute Gasteiger partial charge is 0.573 e. The molecule has 3 fully saturated rings. The van der Waals surface area contributed by atoms with E-state index < -0.39 is 76.5 Å². The summed E-state index contributed by atoms with van der Waals surface area (Å²) in [5.74, 6) is -9.22. The molecule has 51 heavy (non-hydrogen) atoms. The highest BCUT2D eigenvalue weighted by molar-refractivity contribution is 7.22. The maximum atomic E-state index is 14.9. The number of hydrogen-bond acceptors (Lipinski definition) is 9. The van der Waals surface area contributed by atoms with Gasteiger partial charge in [-0.3, -0.25) is 29.1 Å². The molecule has 0 bridgehead atoms. The van der Waals surface area contributed by atoms with Crippen molar-refractivity contribution in [1.82, 2.24) is 14.8 Å². The maximum absolute atomic E-state index is 14.9. The Hall–Kier alpha value is -4.73. The van der Waals surface area contributed by atoms with Crippen LogP contribution in [-0.4, -0.2) is 55.1 Å². The van der Waals surface area contributed by atoms with Gasteiger partial charge in [-0.15, -0.1) is 24.5 Å². The summed E-state index contributed by atoms with van der Waals surface area (Å²) in [4.78, 5) is 57.3. The number of allylic oxidation sites excluding steroid dienone is 2. The third kappa shape index (κ3) is 4.77. The molecule has 2 N–H and O–H groups in total. The molecule has 4 amide bonds. The van der Waals surface area contributed by atoms with E-state index >= 15 is 0 Å². The number of aromatic hydroxyl groups is 1. The Balaban J connectivity index is 1.27. The van der Waals surface area contributed by atoms with Gasteiger partial charge in [0.2, 0.25) is 11.8 Å². The predicted octanol–water partition coefficient (Wildman–Crippen LogP) is 6.49. The smallest absolute Gasteiger partial charge is 0.508 e. The molecule has 2 saturated heterocycles. The summed E-state index contributed by atoms with van der Waals surface area (Å²) in [5, 5.41) is 27.7. The van der Waals surface area contributed by atoms with Crippen LogP contribution in [0.1, 0.15) is 36.8 Å². The van der Waals surface area contributed by atoms with Crippen molar-refractivity contribution in [2.45, 2.75) is 39.0 Å². The fraction of sp³-hybridized carbons (Fsp3) is 0.343. The molecule has 2 aliphatic carbocycles. The summed E-state index contributed by atoms with van der Waals surface area (Å²) in [5.41, 5.74) is -0.00681. The van der Waals surface area contributed by atoms with Crippen molar-refractivity contribution >= 4 is 62.5 Å². The van der Waals surface area contributed by atoms with Gasteiger partial charge in [-0.2, -0.15) is 10.2 Å². The first-order valence-corrected chi connectivity index (χ1v) is 17.2. The molecule has 4 aromatic rings. The van der Waals surface area contributed by atoms with Crippen LogP contribution in [-0.2, 0) is 26.2 Å². The third-order valence-corrected chi connectivity index (χ3v) is 12.5. The number of thiophene rings is 1. The van der Waals surface area contributed by atoms with Crippen molar-refractivity contribution in [2.24, 2.45) is 36.1 Å². The normalized spacial score (nSPS) is 27.6. The molecule has 8 rings (SSSR count). The van der Waals surface area contributed by atoms with E-state index in [9.17, 15) is 42.7 Å². The topological polar surface area (TPSA) is 142 Å². The quantitative estimate of drug-likeness (QED) is 0.138. The number of imide groups is 2. The number of hydroxylamine groups is 2. The molecule has 0 unspecified atom stereocenters. The Kier molecular flexibility index (Phi) is 7.29. The van der Waals surface area contributed by atoms with Crippen LogP contribution in [0.15, 0.2) is 54.1 Å². The first kappa shape index (κ1) is 33.4. The number of hydrogen-bond donors (Lipinski definition) is 2. The van der Waals surface area contributed by atoms with Crippen LogP contribution >= 0.6 is 22.9 Å². The molecule has 2 aromatic heterocycles. The second kappa shape index (κ2) is 11.1. The number of halogens is 4. The van der Waals surface area contributed by atoms with Crippen molar-refractivity contribution in [3.05, 3.63) is 70.3 Å². The Bertz CT molecular complexity index is 2270. The summed E-state index contributed by atoms with van der Waals surface area (Å²) in [6, 6.07) is 10.0. The first-order valence-electron chi connectivity index (χ1n) is 16.0. The van der Waals surface area contributed by atoms with Crippen LogP contribution in [0.2, 0.25) is 5.02 Å². The minimum Gasteiger partial charge on any atom is -0.508 e.